The maximum Gasteiger partial charge on any atom is 0.115 e. The van der Waals surface area contributed by atoms with Crippen molar-refractivity contribution in [3.63, 3.8) is 0 Å². The third-order valence-corrected chi connectivity index (χ3v) is 7.87. The first-order chi connectivity index (χ1) is 12.5. The third-order valence-electron chi connectivity index (χ3n) is 7.87. The Morgan fingerprint density at radius 3 is 2.15 bits per heavy atom. The second kappa shape index (κ2) is 5.28. The number of phenolic OH excluding ortho intramolecular Hbond substituents is 2. The Morgan fingerprint density at radius 1 is 0.808 bits per heavy atom. The minimum absolute atomic E-state index is 0.187. The summed E-state index contributed by atoms with van der Waals surface area (Å²) >= 11 is 0. The molecule has 0 heterocycles. The molecule has 136 valence electrons. The molecule has 2 N–H and O–H groups in total. The summed E-state index contributed by atoms with van der Waals surface area (Å²) in [4.78, 5) is 0. The topological polar surface area (TPSA) is 40.5 Å². The lowest BCUT2D eigenvalue weighted by molar-refractivity contribution is -0.0920. The molecule has 4 aliphatic carbocycles. The summed E-state index contributed by atoms with van der Waals surface area (Å²) in [6.45, 7) is 2.37. The van der Waals surface area contributed by atoms with Gasteiger partial charge in [0, 0.05) is 0 Å². The van der Waals surface area contributed by atoms with Crippen LogP contribution in [-0.2, 0) is 10.8 Å². The van der Waals surface area contributed by atoms with Gasteiger partial charge >= 0.3 is 0 Å². The minimum atomic E-state index is 0.187. The summed E-state index contributed by atoms with van der Waals surface area (Å²) in [6, 6.07) is 16.1. The van der Waals surface area contributed by atoms with Crippen LogP contribution in [0.4, 0.5) is 0 Å². The second-order valence-corrected chi connectivity index (χ2v) is 9.52. The Kier molecular flexibility index (Phi) is 3.30. The molecule has 2 nitrogen and oxygen atoms in total. The van der Waals surface area contributed by atoms with Crippen molar-refractivity contribution in [2.75, 3.05) is 0 Å². The molecule has 4 aliphatic rings. The van der Waals surface area contributed by atoms with Crippen LogP contribution < -0.4 is 0 Å². The van der Waals surface area contributed by atoms with Gasteiger partial charge in [0.15, 0.2) is 0 Å². The SMILES string of the molecule is CCC12CC3CC(c4ccc(O)cc4)(C1)CC(c1cccc(O)c1)(C3)C2. The molecule has 26 heavy (non-hydrogen) atoms. The van der Waals surface area contributed by atoms with E-state index in [1.807, 2.05) is 24.3 Å². The van der Waals surface area contributed by atoms with Crippen molar-refractivity contribution in [2.24, 2.45) is 11.3 Å². The van der Waals surface area contributed by atoms with E-state index in [1.165, 1.54) is 56.1 Å². The highest BCUT2D eigenvalue weighted by Gasteiger charge is 2.63. The molecule has 4 fully saturated rings. The van der Waals surface area contributed by atoms with E-state index in [0.29, 0.717) is 16.9 Å². The molecule has 0 aliphatic heterocycles. The van der Waals surface area contributed by atoms with Crippen molar-refractivity contribution in [3.8, 4) is 11.5 Å². The fourth-order valence-corrected chi connectivity index (χ4v) is 7.33. The minimum Gasteiger partial charge on any atom is -0.508 e. The van der Waals surface area contributed by atoms with Gasteiger partial charge in [0.25, 0.3) is 0 Å². The van der Waals surface area contributed by atoms with Crippen LogP contribution in [0.15, 0.2) is 48.5 Å². The summed E-state index contributed by atoms with van der Waals surface area (Å²) < 4.78 is 0. The summed E-state index contributed by atoms with van der Waals surface area (Å²) in [7, 11) is 0. The molecule has 4 bridgehead atoms. The first-order valence-electron chi connectivity index (χ1n) is 10.1. The molecule has 4 unspecified atom stereocenters. The summed E-state index contributed by atoms with van der Waals surface area (Å²) in [5, 5.41) is 19.9. The van der Waals surface area contributed by atoms with E-state index in [1.54, 1.807) is 6.07 Å². The van der Waals surface area contributed by atoms with Gasteiger partial charge in [-0.3, -0.25) is 0 Å². The molecule has 0 radical (unpaired) electrons. The highest BCUT2D eigenvalue weighted by atomic mass is 16.3. The highest BCUT2D eigenvalue weighted by molar-refractivity contribution is 5.42. The van der Waals surface area contributed by atoms with Gasteiger partial charge in [0.05, 0.1) is 0 Å². The molecular formula is C24H28O2. The Balaban J connectivity index is 1.66. The molecule has 0 spiro atoms. The first kappa shape index (κ1) is 16.2. The number of hydrogen-bond acceptors (Lipinski definition) is 2. The van der Waals surface area contributed by atoms with Crippen molar-refractivity contribution < 1.29 is 10.2 Å². The lowest BCUT2D eigenvalue weighted by Crippen LogP contribution is -2.60. The Morgan fingerprint density at radius 2 is 1.50 bits per heavy atom. The van der Waals surface area contributed by atoms with E-state index in [9.17, 15) is 10.2 Å². The van der Waals surface area contributed by atoms with Crippen molar-refractivity contribution in [1.29, 1.82) is 0 Å². The van der Waals surface area contributed by atoms with E-state index in [2.05, 4.69) is 25.1 Å². The molecule has 2 heteroatoms. The van der Waals surface area contributed by atoms with Gasteiger partial charge in [-0.15, -0.1) is 0 Å². The highest BCUT2D eigenvalue weighted by Crippen LogP contribution is 2.71. The van der Waals surface area contributed by atoms with Crippen LogP contribution in [0.3, 0.4) is 0 Å². The average molecular weight is 348 g/mol. The van der Waals surface area contributed by atoms with Gasteiger partial charge in [-0.2, -0.15) is 0 Å². The van der Waals surface area contributed by atoms with Crippen LogP contribution in [0.2, 0.25) is 0 Å². The zero-order chi connectivity index (χ0) is 18.0. The normalized spacial score (nSPS) is 37.8. The number of phenols is 2. The molecule has 0 saturated heterocycles. The van der Waals surface area contributed by atoms with Gasteiger partial charge in [0.1, 0.15) is 11.5 Å². The molecule has 4 atom stereocenters. The van der Waals surface area contributed by atoms with E-state index >= 15 is 0 Å². The molecule has 4 saturated carbocycles. The van der Waals surface area contributed by atoms with Gasteiger partial charge < -0.3 is 10.2 Å². The number of hydrogen-bond donors (Lipinski definition) is 2. The first-order valence-corrected chi connectivity index (χ1v) is 10.1. The average Bonchev–Trinajstić information content (AvgIpc) is 2.61. The van der Waals surface area contributed by atoms with E-state index in [-0.39, 0.29) is 10.8 Å². The van der Waals surface area contributed by atoms with E-state index in [4.69, 9.17) is 0 Å². The number of rotatable bonds is 3. The Bertz CT molecular complexity index is 842. The van der Waals surface area contributed by atoms with E-state index in [0.717, 1.165) is 5.92 Å². The molecule has 2 aromatic carbocycles. The largest absolute Gasteiger partial charge is 0.508 e. The quantitative estimate of drug-likeness (QED) is 0.750. The van der Waals surface area contributed by atoms with Crippen molar-refractivity contribution in [3.05, 3.63) is 59.7 Å². The zero-order valence-electron chi connectivity index (χ0n) is 15.5. The summed E-state index contributed by atoms with van der Waals surface area (Å²) in [5.41, 5.74) is 3.56. The molecule has 0 aromatic heterocycles. The van der Waals surface area contributed by atoms with E-state index < -0.39 is 0 Å². The van der Waals surface area contributed by atoms with Crippen molar-refractivity contribution in [2.45, 2.75) is 62.7 Å². The predicted molar refractivity (Wildman–Crippen MR) is 103 cm³/mol. The lowest BCUT2D eigenvalue weighted by atomic mass is 9.37. The van der Waals surface area contributed by atoms with Crippen LogP contribution in [0.1, 0.15) is 63.0 Å². The molecule has 6 rings (SSSR count). The van der Waals surface area contributed by atoms with Crippen LogP contribution in [0, 0.1) is 11.3 Å². The summed E-state index contributed by atoms with van der Waals surface area (Å²) in [6.07, 6.45) is 8.85. The van der Waals surface area contributed by atoms with Crippen molar-refractivity contribution in [1.82, 2.24) is 0 Å². The second-order valence-electron chi connectivity index (χ2n) is 9.52. The predicted octanol–water partition coefficient (Wildman–Crippen LogP) is 5.67. The third kappa shape index (κ3) is 2.24. The monoisotopic (exact) mass is 348 g/mol. The number of benzene rings is 2. The van der Waals surface area contributed by atoms with Crippen LogP contribution >= 0.6 is 0 Å². The van der Waals surface area contributed by atoms with Gasteiger partial charge in [-0.1, -0.05) is 37.6 Å². The van der Waals surface area contributed by atoms with Crippen LogP contribution in [0.25, 0.3) is 0 Å². The fraction of sp³-hybridized carbons (Fsp3) is 0.500. The maximum atomic E-state index is 10.1. The zero-order valence-corrected chi connectivity index (χ0v) is 15.5. The smallest absolute Gasteiger partial charge is 0.115 e. The Hall–Kier alpha value is -1.96. The Labute approximate surface area is 155 Å². The van der Waals surface area contributed by atoms with Gasteiger partial charge in [-0.05, 0) is 96.1 Å². The van der Waals surface area contributed by atoms with Crippen LogP contribution in [0.5, 0.6) is 11.5 Å². The van der Waals surface area contributed by atoms with Gasteiger partial charge in [0.2, 0.25) is 0 Å². The van der Waals surface area contributed by atoms with Crippen LogP contribution in [-0.4, -0.2) is 10.2 Å². The van der Waals surface area contributed by atoms with Crippen molar-refractivity contribution >= 4 is 0 Å². The lowest BCUT2D eigenvalue weighted by Gasteiger charge is -2.67. The molecular weight excluding hydrogens is 320 g/mol. The fourth-order valence-electron chi connectivity index (χ4n) is 7.33. The standard InChI is InChI=1S/C24H28O2/c1-2-22-11-17-12-23(14-22,18-6-8-20(25)9-7-18)16-24(13-17,15-22)19-4-3-5-21(26)10-19/h3-10,17,25-26H,2,11-16H2,1H3. The molecule has 0 amide bonds. The number of aromatic hydroxyl groups is 2. The maximum absolute atomic E-state index is 10.1. The summed E-state index contributed by atoms with van der Waals surface area (Å²) in [5.74, 6) is 1.51. The van der Waals surface area contributed by atoms with Gasteiger partial charge in [-0.25, -0.2) is 0 Å². The molecule has 2 aromatic rings.